The highest BCUT2D eigenvalue weighted by molar-refractivity contribution is 5.96. The van der Waals surface area contributed by atoms with Gasteiger partial charge in [0.05, 0.1) is 5.69 Å². The van der Waals surface area contributed by atoms with Crippen molar-refractivity contribution in [3.05, 3.63) is 36.4 Å². The lowest BCUT2D eigenvalue weighted by Gasteiger charge is -2.09. The van der Waals surface area contributed by atoms with Gasteiger partial charge in [-0.25, -0.2) is 4.79 Å². The maximum atomic E-state index is 10.6. The molecule has 2 amide bonds. The van der Waals surface area contributed by atoms with Gasteiger partial charge in [0, 0.05) is 11.1 Å². The van der Waals surface area contributed by atoms with E-state index in [9.17, 15) is 4.79 Å². The van der Waals surface area contributed by atoms with Gasteiger partial charge in [0.2, 0.25) is 0 Å². The molecule has 0 aliphatic rings. The minimum Gasteiger partial charge on any atom is -0.399 e. The molecule has 5 heteroatoms. The fraction of sp³-hybridized carbons (Fsp3) is 0. The van der Waals surface area contributed by atoms with Crippen LogP contribution in [0.15, 0.2) is 36.4 Å². The second-order valence-electron chi connectivity index (χ2n) is 3.40. The summed E-state index contributed by atoms with van der Waals surface area (Å²) in [4.78, 5) is 10.6. The quantitative estimate of drug-likeness (QED) is 0.451. The van der Waals surface area contributed by atoms with Crippen LogP contribution in [0, 0.1) is 0 Å². The highest BCUT2D eigenvalue weighted by Crippen LogP contribution is 2.24. The molecule has 5 nitrogen and oxygen atoms in total. The molecule has 0 fully saturated rings. The van der Waals surface area contributed by atoms with Gasteiger partial charge in [-0.05, 0) is 23.6 Å². The number of carbonyl (C=O) groups excluding carboxylic acids is 1. The van der Waals surface area contributed by atoms with Crippen LogP contribution in [0.5, 0.6) is 0 Å². The first-order valence-electron chi connectivity index (χ1n) is 4.76. The summed E-state index contributed by atoms with van der Waals surface area (Å²) >= 11 is 0. The van der Waals surface area contributed by atoms with E-state index in [1.165, 1.54) is 0 Å². The van der Waals surface area contributed by atoms with Crippen molar-refractivity contribution in [1.82, 2.24) is 5.43 Å². The Labute approximate surface area is 92.4 Å². The van der Waals surface area contributed by atoms with Crippen LogP contribution in [0.3, 0.4) is 0 Å². The summed E-state index contributed by atoms with van der Waals surface area (Å²) in [7, 11) is 0. The van der Waals surface area contributed by atoms with Crippen molar-refractivity contribution in [3.63, 3.8) is 0 Å². The summed E-state index contributed by atoms with van der Waals surface area (Å²) in [5, 5.41) is 1.96. The first kappa shape index (κ1) is 10.1. The van der Waals surface area contributed by atoms with E-state index in [2.05, 4.69) is 10.9 Å². The van der Waals surface area contributed by atoms with Crippen LogP contribution in [0.1, 0.15) is 0 Å². The Balaban J connectivity index is 2.43. The van der Waals surface area contributed by atoms with Gasteiger partial charge >= 0.3 is 6.03 Å². The van der Waals surface area contributed by atoms with E-state index in [1.807, 2.05) is 36.4 Å². The zero-order valence-corrected chi connectivity index (χ0v) is 8.53. The summed E-state index contributed by atoms with van der Waals surface area (Å²) < 4.78 is 0. The van der Waals surface area contributed by atoms with E-state index in [1.54, 1.807) is 0 Å². The number of amides is 2. The first-order valence-corrected chi connectivity index (χ1v) is 4.76. The van der Waals surface area contributed by atoms with Crippen LogP contribution in [0.25, 0.3) is 10.8 Å². The predicted octanol–water partition coefficient (Wildman–Crippen LogP) is 1.42. The van der Waals surface area contributed by atoms with E-state index in [4.69, 9.17) is 11.5 Å². The zero-order valence-electron chi connectivity index (χ0n) is 8.53. The number of hydrogen-bond donors (Lipinski definition) is 4. The van der Waals surface area contributed by atoms with Crippen molar-refractivity contribution in [1.29, 1.82) is 0 Å². The normalized spacial score (nSPS) is 10.0. The second-order valence-corrected chi connectivity index (χ2v) is 3.40. The van der Waals surface area contributed by atoms with Gasteiger partial charge in [-0.1, -0.05) is 18.2 Å². The van der Waals surface area contributed by atoms with Crippen molar-refractivity contribution in [2.45, 2.75) is 0 Å². The summed E-state index contributed by atoms with van der Waals surface area (Å²) in [5.41, 5.74) is 17.2. The number of carbonyl (C=O) groups is 1. The fourth-order valence-electron chi connectivity index (χ4n) is 1.53. The minimum atomic E-state index is -0.638. The summed E-state index contributed by atoms with van der Waals surface area (Å²) in [6.45, 7) is 0. The lowest BCUT2D eigenvalue weighted by atomic mass is 10.1. The number of fused-ring (bicyclic) bond motifs is 1. The molecule has 0 bridgehead atoms. The number of nitrogens with two attached hydrogens (primary N) is 2. The largest absolute Gasteiger partial charge is 0.399 e. The Hall–Kier alpha value is -2.43. The molecule has 0 spiro atoms. The zero-order chi connectivity index (χ0) is 11.5. The number of benzene rings is 2. The van der Waals surface area contributed by atoms with E-state index in [-0.39, 0.29) is 0 Å². The van der Waals surface area contributed by atoms with Crippen molar-refractivity contribution >= 4 is 28.2 Å². The molecule has 0 radical (unpaired) electrons. The summed E-state index contributed by atoms with van der Waals surface area (Å²) in [6.07, 6.45) is 0. The van der Waals surface area contributed by atoms with Crippen LogP contribution >= 0.6 is 0 Å². The number of hydrazine groups is 1. The Morgan fingerprint density at radius 2 is 2.00 bits per heavy atom. The van der Waals surface area contributed by atoms with E-state index in [0.29, 0.717) is 5.69 Å². The van der Waals surface area contributed by atoms with Gasteiger partial charge in [0.15, 0.2) is 0 Å². The fourth-order valence-corrected chi connectivity index (χ4v) is 1.53. The number of hydrogen-bond acceptors (Lipinski definition) is 3. The number of urea groups is 1. The molecule has 6 N–H and O–H groups in total. The summed E-state index contributed by atoms with van der Waals surface area (Å²) in [5.74, 6) is 0. The third kappa shape index (κ3) is 1.98. The molecular weight excluding hydrogens is 204 g/mol. The Morgan fingerprint density at radius 1 is 1.19 bits per heavy atom. The van der Waals surface area contributed by atoms with Crippen molar-refractivity contribution in [3.8, 4) is 0 Å². The molecule has 0 saturated carbocycles. The van der Waals surface area contributed by atoms with Gasteiger partial charge in [0.25, 0.3) is 0 Å². The van der Waals surface area contributed by atoms with Crippen LogP contribution in [-0.4, -0.2) is 6.03 Å². The molecule has 16 heavy (non-hydrogen) atoms. The van der Waals surface area contributed by atoms with Gasteiger partial charge in [-0.2, -0.15) is 0 Å². The highest BCUT2D eigenvalue weighted by atomic mass is 16.2. The van der Waals surface area contributed by atoms with Crippen LogP contribution in [0.4, 0.5) is 16.2 Å². The molecule has 82 valence electrons. The number of anilines is 2. The van der Waals surface area contributed by atoms with Gasteiger partial charge in [0.1, 0.15) is 0 Å². The highest BCUT2D eigenvalue weighted by Gasteiger charge is 2.01. The number of nitrogens with one attached hydrogen (secondary N) is 2. The maximum absolute atomic E-state index is 10.6. The average molecular weight is 216 g/mol. The van der Waals surface area contributed by atoms with E-state index < -0.39 is 6.03 Å². The molecule has 0 heterocycles. The Kier molecular flexibility index (Phi) is 2.51. The maximum Gasteiger partial charge on any atom is 0.330 e. The Bertz CT molecular complexity index is 538. The van der Waals surface area contributed by atoms with Gasteiger partial charge in [-0.15, -0.1) is 0 Å². The SMILES string of the molecule is NC(=O)NNc1cccc2ccc(N)cc12. The lowest BCUT2D eigenvalue weighted by molar-refractivity contribution is 0.250. The second kappa shape index (κ2) is 3.98. The molecule has 2 aromatic carbocycles. The van der Waals surface area contributed by atoms with Gasteiger partial charge in [-0.3, -0.25) is 10.9 Å². The molecule has 0 atom stereocenters. The molecule has 2 aromatic rings. The number of primary amides is 1. The lowest BCUT2D eigenvalue weighted by Crippen LogP contribution is -2.34. The third-order valence-electron chi connectivity index (χ3n) is 2.23. The average Bonchev–Trinajstić information content (AvgIpc) is 2.26. The molecule has 2 rings (SSSR count). The van der Waals surface area contributed by atoms with Crippen LogP contribution in [-0.2, 0) is 0 Å². The topological polar surface area (TPSA) is 93.2 Å². The van der Waals surface area contributed by atoms with Crippen LogP contribution in [0.2, 0.25) is 0 Å². The molecule has 0 aliphatic heterocycles. The molecule has 0 aliphatic carbocycles. The van der Waals surface area contributed by atoms with Crippen molar-refractivity contribution < 1.29 is 4.79 Å². The monoisotopic (exact) mass is 216 g/mol. The van der Waals surface area contributed by atoms with Crippen molar-refractivity contribution in [2.75, 3.05) is 11.2 Å². The molecule has 0 unspecified atom stereocenters. The number of rotatable bonds is 2. The van der Waals surface area contributed by atoms with E-state index in [0.717, 1.165) is 16.5 Å². The van der Waals surface area contributed by atoms with Crippen molar-refractivity contribution in [2.24, 2.45) is 5.73 Å². The Morgan fingerprint density at radius 3 is 2.75 bits per heavy atom. The molecular formula is C11H12N4O. The molecule has 0 aromatic heterocycles. The van der Waals surface area contributed by atoms with Gasteiger partial charge < -0.3 is 11.5 Å². The minimum absolute atomic E-state index is 0.638. The first-order chi connectivity index (χ1) is 7.66. The van der Waals surface area contributed by atoms with Crippen LogP contribution < -0.4 is 22.3 Å². The predicted molar refractivity (Wildman–Crippen MR) is 64.7 cm³/mol. The van der Waals surface area contributed by atoms with E-state index >= 15 is 0 Å². The molecule has 0 saturated heterocycles. The third-order valence-corrected chi connectivity index (χ3v) is 2.23. The smallest absolute Gasteiger partial charge is 0.330 e. The standard InChI is InChI=1S/C11H12N4O/c12-8-5-4-7-2-1-3-10(9(7)6-8)14-15-11(13)16/h1-6,14H,12H2,(H3,13,15,16). The summed E-state index contributed by atoms with van der Waals surface area (Å²) in [6, 6.07) is 10.6. The number of nitrogen functional groups attached to an aromatic ring is 1.